The standard InChI is InChI=1S/C23H26F5N5O6S/c24-21(25)38-8-1-7-33-18(20(35)30-6-9-40(29,36)37)17-16(32-33)11-22(31-19(17)34)5-4-13-10-14(2-3-15(13)22)39-12-23(26,27)28/h2-3,10,21H,1,4-9,11-12H2,(H,30,35)(H,31,34)(H2,29,36,37)/t22-/m0/s1. The lowest BCUT2D eigenvalue weighted by Crippen LogP contribution is -2.50. The highest BCUT2D eigenvalue weighted by atomic mass is 32.2. The normalized spacial score (nSPS) is 18.5. The Hall–Kier alpha value is -3.31. The van der Waals surface area contributed by atoms with Crippen molar-refractivity contribution in [2.75, 3.05) is 25.5 Å². The third-order valence-electron chi connectivity index (χ3n) is 6.54. The summed E-state index contributed by atoms with van der Waals surface area (Å²) in [7, 11) is -3.88. The average Bonchev–Trinajstić information content (AvgIpc) is 3.37. The van der Waals surface area contributed by atoms with Gasteiger partial charge in [-0.2, -0.15) is 27.1 Å². The fraction of sp³-hybridized carbons (Fsp3) is 0.522. The van der Waals surface area contributed by atoms with E-state index in [9.17, 15) is 40.0 Å². The Kier molecular flexibility index (Phi) is 8.37. The molecule has 0 fully saturated rings. The number of fused-ring (bicyclic) bond motifs is 3. The summed E-state index contributed by atoms with van der Waals surface area (Å²) in [6.07, 6.45) is -3.50. The van der Waals surface area contributed by atoms with Crippen molar-refractivity contribution >= 4 is 21.8 Å². The van der Waals surface area contributed by atoms with E-state index in [0.29, 0.717) is 24.0 Å². The number of hydrogen-bond acceptors (Lipinski definition) is 7. The Morgan fingerprint density at radius 1 is 1.30 bits per heavy atom. The smallest absolute Gasteiger partial charge is 0.422 e. The molecule has 11 nitrogen and oxygen atoms in total. The number of nitrogens with zero attached hydrogens (tertiary/aromatic N) is 2. The third kappa shape index (κ3) is 6.87. The van der Waals surface area contributed by atoms with Crippen LogP contribution < -0.4 is 20.5 Å². The first-order valence-corrected chi connectivity index (χ1v) is 13.8. The lowest BCUT2D eigenvalue weighted by Gasteiger charge is -2.35. The van der Waals surface area contributed by atoms with Crippen molar-refractivity contribution in [3.05, 3.63) is 46.3 Å². The second kappa shape index (κ2) is 11.3. The maximum absolute atomic E-state index is 13.4. The van der Waals surface area contributed by atoms with Gasteiger partial charge in [-0.3, -0.25) is 14.3 Å². The minimum atomic E-state index is -4.50. The van der Waals surface area contributed by atoms with Crippen molar-refractivity contribution in [2.45, 2.75) is 50.6 Å². The van der Waals surface area contributed by atoms with E-state index >= 15 is 0 Å². The molecule has 2 amide bonds. The second-order valence-electron chi connectivity index (χ2n) is 9.44. The topological polar surface area (TPSA) is 155 Å². The number of benzene rings is 1. The molecular weight excluding hydrogens is 569 g/mol. The number of halogens is 5. The maximum Gasteiger partial charge on any atom is 0.422 e. The number of sulfonamides is 1. The number of rotatable bonds is 11. The summed E-state index contributed by atoms with van der Waals surface area (Å²) in [5, 5.41) is 14.7. The Morgan fingerprint density at radius 3 is 2.73 bits per heavy atom. The van der Waals surface area contributed by atoms with Crippen LogP contribution in [0.2, 0.25) is 0 Å². The van der Waals surface area contributed by atoms with Gasteiger partial charge in [0.15, 0.2) is 6.61 Å². The molecule has 0 saturated heterocycles. The molecule has 4 N–H and O–H groups in total. The van der Waals surface area contributed by atoms with Gasteiger partial charge in [0.05, 0.1) is 29.2 Å². The van der Waals surface area contributed by atoms with Crippen LogP contribution in [0.25, 0.3) is 0 Å². The molecule has 2 aliphatic rings. The van der Waals surface area contributed by atoms with Crippen molar-refractivity contribution in [3.63, 3.8) is 0 Å². The molecule has 1 aliphatic heterocycles. The number of aromatic nitrogens is 2. The summed E-state index contributed by atoms with van der Waals surface area (Å²) in [4.78, 5) is 26.4. The molecule has 1 spiro atoms. The van der Waals surface area contributed by atoms with E-state index in [2.05, 4.69) is 20.5 Å². The van der Waals surface area contributed by atoms with Gasteiger partial charge in [0.1, 0.15) is 11.4 Å². The van der Waals surface area contributed by atoms with E-state index in [0.717, 1.165) is 0 Å². The van der Waals surface area contributed by atoms with Gasteiger partial charge < -0.3 is 20.1 Å². The molecule has 220 valence electrons. The SMILES string of the molecule is NS(=O)(=O)CCNC(=O)c1c2c(nn1CCCOC(F)F)C[C@]1(CCc3cc(OCC(F)(F)F)ccc31)NC2=O. The number of alkyl halides is 5. The summed E-state index contributed by atoms with van der Waals surface area (Å²) in [5.41, 5.74) is 0.440. The van der Waals surface area contributed by atoms with Crippen LogP contribution in [0.5, 0.6) is 5.75 Å². The van der Waals surface area contributed by atoms with Crippen LogP contribution in [0.3, 0.4) is 0 Å². The van der Waals surface area contributed by atoms with Crippen LogP contribution in [-0.4, -0.2) is 68.3 Å². The van der Waals surface area contributed by atoms with Crippen molar-refractivity contribution in [3.8, 4) is 5.75 Å². The van der Waals surface area contributed by atoms with E-state index in [-0.39, 0.29) is 55.2 Å². The molecule has 1 aromatic heterocycles. The Morgan fingerprint density at radius 2 is 2.05 bits per heavy atom. The zero-order valence-electron chi connectivity index (χ0n) is 20.9. The van der Waals surface area contributed by atoms with E-state index in [4.69, 9.17) is 9.88 Å². The van der Waals surface area contributed by atoms with Gasteiger partial charge in [0.2, 0.25) is 10.0 Å². The molecule has 1 aliphatic carbocycles. The number of nitrogens with one attached hydrogen (secondary N) is 2. The first-order valence-electron chi connectivity index (χ1n) is 12.1. The fourth-order valence-electron chi connectivity index (χ4n) is 4.95. The first kappa shape index (κ1) is 29.7. The van der Waals surface area contributed by atoms with Gasteiger partial charge in [-0.15, -0.1) is 0 Å². The van der Waals surface area contributed by atoms with Gasteiger partial charge in [-0.25, -0.2) is 13.6 Å². The van der Waals surface area contributed by atoms with Crippen LogP contribution in [-0.2, 0) is 39.7 Å². The Labute approximate surface area is 225 Å². The van der Waals surface area contributed by atoms with Gasteiger partial charge in [-0.05, 0) is 42.5 Å². The summed E-state index contributed by atoms with van der Waals surface area (Å²) < 4.78 is 95.1. The summed E-state index contributed by atoms with van der Waals surface area (Å²) in [6, 6.07) is 4.45. The highest BCUT2D eigenvalue weighted by Gasteiger charge is 2.47. The van der Waals surface area contributed by atoms with Crippen LogP contribution in [0.1, 0.15) is 50.5 Å². The average molecular weight is 596 g/mol. The molecule has 2 aromatic rings. The second-order valence-corrected chi connectivity index (χ2v) is 11.2. The van der Waals surface area contributed by atoms with Crippen molar-refractivity contribution < 1.29 is 49.4 Å². The lowest BCUT2D eigenvalue weighted by atomic mass is 9.82. The molecule has 2 heterocycles. The zero-order valence-corrected chi connectivity index (χ0v) is 21.7. The van der Waals surface area contributed by atoms with Crippen LogP contribution in [0.4, 0.5) is 22.0 Å². The van der Waals surface area contributed by atoms with Gasteiger partial charge in [-0.1, -0.05) is 6.07 Å². The third-order valence-corrected chi connectivity index (χ3v) is 7.31. The summed E-state index contributed by atoms with van der Waals surface area (Å²) in [5.74, 6) is -1.97. The number of aryl methyl sites for hydroxylation is 2. The first-order chi connectivity index (χ1) is 18.7. The number of nitrogens with two attached hydrogens (primary N) is 1. The minimum Gasteiger partial charge on any atom is -0.484 e. The number of carbonyl (C=O) groups is 2. The van der Waals surface area contributed by atoms with Crippen molar-refractivity contribution in [2.24, 2.45) is 5.14 Å². The van der Waals surface area contributed by atoms with Gasteiger partial charge in [0.25, 0.3) is 11.8 Å². The maximum atomic E-state index is 13.4. The molecule has 0 unspecified atom stereocenters. The number of amides is 2. The highest BCUT2D eigenvalue weighted by Crippen LogP contribution is 2.43. The van der Waals surface area contributed by atoms with Gasteiger partial charge >= 0.3 is 12.8 Å². The lowest BCUT2D eigenvalue weighted by molar-refractivity contribution is -0.153. The summed E-state index contributed by atoms with van der Waals surface area (Å²) >= 11 is 0. The van der Waals surface area contributed by atoms with Crippen LogP contribution in [0, 0.1) is 0 Å². The molecule has 40 heavy (non-hydrogen) atoms. The Bertz CT molecular complexity index is 1400. The molecule has 0 bridgehead atoms. The van der Waals surface area contributed by atoms with Crippen LogP contribution >= 0.6 is 0 Å². The number of hydrogen-bond donors (Lipinski definition) is 3. The van der Waals surface area contributed by atoms with E-state index in [1.54, 1.807) is 6.07 Å². The van der Waals surface area contributed by atoms with Crippen molar-refractivity contribution in [1.29, 1.82) is 0 Å². The number of ether oxygens (including phenoxy) is 2. The monoisotopic (exact) mass is 595 g/mol. The molecular formula is C23H26F5N5O6S. The van der Waals surface area contributed by atoms with E-state index in [1.807, 2.05) is 0 Å². The fourth-order valence-corrected chi connectivity index (χ4v) is 5.33. The van der Waals surface area contributed by atoms with Gasteiger partial charge in [0, 0.05) is 19.5 Å². The van der Waals surface area contributed by atoms with E-state index in [1.165, 1.54) is 16.8 Å². The Balaban J connectivity index is 1.61. The molecule has 1 atom stereocenters. The molecule has 0 saturated carbocycles. The largest absolute Gasteiger partial charge is 0.484 e. The minimum absolute atomic E-state index is 0.0264. The van der Waals surface area contributed by atoms with E-state index < -0.39 is 52.5 Å². The molecule has 17 heteroatoms. The molecule has 0 radical (unpaired) electrons. The highest BCUT2D eigenvalue weighted by molar-refractivity contribution is 7.89. The molecule has 1 aromatic carbocycles. The van der Waals surface area contributed by atoms with Crippen LogP contribution in [0.15, 0.2) is 18.2 Å². The quantitative estimate of drug-likeness (QED) is 0.263. The predicted molar refractivity (Wildman–Crippen MR) is 128 cm³/mol. The van der Waals surface area contributed by atoms with Crippen molar-refractivity contribution in [1.82, 2.24) is 20.4 Å². The molecule has 4 rings (SSSR count). The predicted octanol–water partition coefficient (Wildman–Crippen LogP) is 1.60. The number of primary sulfonamides is 1. The summed E-state index contributed by atoms with van der Waals surface area (Å²) in [6.45, 7) is -5.19. The number of carbonyl (C=O) groups excluding carboxylic acids is 2. The zero-order chi connectivity index (χ0) is 29.3.